The molecule has 0 fully saturated rings. The van der Waals surface area contributed by atoms with E-state index in [2.05, 4.69) is 5.32 Å². The molecule has 0 saturated carbocycles. The zero-order valence-electron chi connectivity index (χ0n) is 25.4. The highest BCUT2D eigenvalue weighted by molar-refractivity contribution is 7.92. The van der Waals surface area contributed by atoms with Crippen molar-refractivity contribution in [3.05, 3.63) is 128 Å². The molecule has 0 bridgehead atoms. The number of nitrogens with one attached hydrogen (secondary N) is 1. The van der Waals surface area contributed by atoms with Gasteiger partial charge in [-0.05, 0) is 74.4 Å². The number of anilines is 1. The van der Waals surface area contributed by atoms with Crippen LogP contribution >= 0.6 is 46.4 Å². The Hall–Kier alpha value is -3.27. The second kappa shape index (κ2) is 15.1. The molecule has 0 spiro atoms. The number of halogens is 4. The molecule has 0 aliphatic carbocycles. The Morgan fingerprint density at radius 1 is 0.783 bits per heavy atom. The maximum atomic E-state index is 14.6. The van der Waals surface area contributed by atoms with Gasteiger partial charge in [0.25, 0.3) is 10.0 Å². The summed E-state index contributed by atoms with van der Waals surface area (Å²) in [6.07, 6.45) is 0.147. The van der Waals surface area contributed by atoms with E-state index in [1.54, 1.807) is 36.4 Å². The summed E-state index contributed by atoms with van der Waals surface area (Å²) in [5.74, 6) is -1.08. The summed E-state index contributed by atoms with van der Waals surface area (Å²) in [7, 11) is -4.31. The van der Waals surface area contributed by atoms with E-state index >= 15 is 0 Å². The predicted octanol–water partition coefficient (Wildman–Crippen LogP) is 8.05. The lowest BCUT2D eigenvalue weighted by Gasteiger charge is -2.35. The van der Waals surface area contributed by atoms with Gasteiger partial charge in [0.15, 0.2) is 0 Å². The maximum absolute atomic E-state index is 14.6. The van der Waals surface area contributed by atoms with Crippen LogP contribution in [-0.4, -0.2) is 43.3 Å². The Balaban J connectivity index is 1.86. The van der Waals surface area contributed by atoms with E-state index in [-0.39, 0.29) is 38.6 Å². The molecule has 0 radical (unpaired) electrons. The highest BCUT2D eigenvalue weighted by atomic mass is 35.5. The van der Waals surface area contributed by atoms with Crippen LogP contribution in [0, 0.1) is 0 Å². The molecule has 4 aromatic rings. The number of rotatable bonds is 11. The minimum absolute atomic E-state index is 0.0440. The summed E-state index contributed by atoms with van der Waals surface area (Å²) in [5, 5.41) is 4.03. The van der Waals surface area contributed by atoms with Gasteiger partial charge in [-0.15, -0.1) is 0 Å². The normalized spacial score (nSPS) is 12.3. The fraction of sp³-hybridized carbons (Fsp3) is 0.235. The zero-order valence-corrected chi connectivity index (χ0v) is 29.2. The molecular weight excluding hydrogens is 688 g/mol. The molecule has 1 atom stereocenters. The Labute approximate surface area is 290 Å². The van der Waals surface area contributed by atoms with E-state index in [4.69, 9.17) is 46.4 Å². The van der Waals surface area contributed by atoms with Crippen LogP contribution in [0.1, 0.15) is 31.9 Å². The number of hydrogen-bond donors (Lipinski definition) is 1. The van der Waals surface area contributed by atoms with Crippen molar-refractivity contribution in [1.82, 2.24) is 10.2 Å². The number of carbonyl (C=O) groups is 2. The second-order valence-corrected chi connectivity index (χ2v) is 15.2. The molecule has 0 unspecified atom stereocenters. The molecule has 0 saturated heterocycles. The van der Waals surface area contributed by atoms with E-state index in [1.807, 2.05) is 51.1 Å². The lowest BCUT2D eigenvalue weighted by Crippen LogP contribution is -2.56. The SMILES string of the molecule is CC(C)(C)NC(=O)[C@@H](Cc1ccccc1)N(Cc1ccc(Cl)cc1Cl)C(=O)CN(c1cc(Cl)cc(Cl)c1)S(=O)(=O)c1ccccc1. The zero-order chi connectivity index (χ0) is 33.6. The van der Waals surface area contributed by atoms with Gasteiger partial charge in [-0.2, -0.15) is 0 Å². The molecule has 1 N–H and O–H groups in total. The minimum Gasteiger partial charge on any atom is -0.350 e. The lowest BCUT2D eigenvalue weighted by molar-refractivity contribution is -0.140. The van der Waals surface area contributed by atoms with Crippen LogP contribution in [0.4, 0.5) is 5.69 Å². The fourth-order valence-electron chi connectivity index (χ4n) is 4.77. The van der Waals surface area contributed by atoms with Gasteiger partial charge in [-0.25, -0.2) is 8.42 Å². The molecule has 0 aromatic heterocycles. The van der Waals surface area contributed by atoms with Crippen LogP contribution in [0.3, 0.4) is 0 Å². The number of sulfonamides is 1. The Morgan fingerprint density at radius 2 is 1.37 bits per heavy atom. The third-order valence-electron chi connectivity index (χ3n) is 6.87. The van der Waals surface area contributed by atoms with Crippen molar-refractivity contribution in [2.75, 3.05) is 10.8 Å². The average molecular weight is 722 g/mol. The molecule has 2 amide bonds. The molecule has 4 rings (SSSR count). The van der Waals surface area contributed by atoms with E-state index in [9.17, 15) is 18.0 Å². The molecule has 7 nitrogen and oxygen atoms in total. The van der Waals surface area contributed by atoms with E-state index in [0.29, 0.717) is 10.6 Å². The highest BCUT2D eigenvalue weighted by Crippen LogP contribution is 2.31. The van der Waals surface area contributed by atoms with Crippen LogP contribution in [0.25, 0.3) is 0 Å². The number of nitrogens with zero attached hydrogens (tertiary/aromatic N) is 2. The van der Waals surface area contributed by atoms with Gasteiger partial charge in [0.05, 0.1) is 10.6 Å². The summed E-state index contributed by atoms with van der Waals surface area (Å²) in [5.41, 5.74) is 0.771. The van der Waals surface area contributed by atoms with Crippen LogP contribution in [0.5, 0.6) is 0 Å². The van der Waals surface area contributed by atoms with Gasteiger partial charge in [0.2, 0.25) is 11.8 Å². The van der Waals surface area contributed by atoms with Crippen molar-refractivity contribution in [3.63, 3.8) is 0 Å². The highest BCUT2D eigenvalue weighted by Gasteiger charge is 2.36. The molecule has 0 heterocycles. The first-order chi connectivity index (χ1) is 21.6. The quantitative estimate of drug-likeness (QED) is 0.170. The van der Waals surface area contributed by atoms with Crippen molar-refractivity contribution >= 4 is 73.9 Å². The smallest absolute Gasteiger partial charge is 0.264 e. The standard InChI is InChI=1S/C34H33Cl4N3O4S/c1-34(2,3)39-33(43)31(16-23-10-6-4-7-11-23)40(21-24-14-15-25(35)20-30(24)38)32(42)22-41(28-18-26(36)17-27(37)19-28)46(44,45)29-12-8-5-9-13-29/h4-15,17-20,31H,16,21-22H2,1-3H3,(H,39,43)/t31-/m1/s1. The van der Waals surface area contributed by atoms with Crippen LogP contribution in [0.2, 0.25) is 20.1 Å². The van der Waals surface area contributed by atoms with Crippen molar-refractivity contribution in [2.45, 2.75) is 50.2 Å². The van der Waals surface area contributed by atoms with Crippen molar-refractivity contribution in [3.8, 4) is 0 Å². The first-order valence-electron chi connectivity index (χ1n) is 14.3. The molecule has 46 heavy (non-hydrogen) atoms. The largest absolute Gasteiger partial charge is 0.350 e. The van der Waals surface area contributed by atoms with Crippen LogP contribution < -0.4 is 9.62 Å². The number of hydrogen-bond acceptors (Lipinski definition) is 4. The van der Waals surface area contributed by atoms with Gasteiger partial charge in [0, 0.05) is 38.6 Å². The Kier molecular flexibility index (Phi) is 11.7. The summed E-state index contributed by atoms with van der Waals surface area (Å²) < 4.78 is 29.1. The van der Waals surface area contributed by atoms with Crippen LogP contribution in [-0.2, 0) is 32.6 Å². The minimum atomic E-state index is -4.31. The second-order valence-electron chi connectivity index (χ2n) is 11.7. The van der Waals surface area contributed by atoms with Gasteiger partial charge in [-0.1, -0.05) is 101 Å². The van der Waals surface area contributed by atoms with Crippen LogP contribution in [0.15, 0.2) is 102 Å². The Morgan fingerprint density at radius 3 is 1.93 bits per heavy atom. The van der Waals surface area contributed by atoms with Crippen molar-refractivity contribution in [2.24, 2.45) is 0 Å². The average Bonchev–Trinajstić information content (AvgIpc) is 2.98. The lowest BCUT2D eigenvalue weighted by atomic mass is 10.0. The van der Waals surface area contributed by atoms with Gasteiger partial charge in [0.1, 0.15) is 12.6 Å². The molecule has 4 aromatic carbocycles. The first kappa shape index (κ1) is 35.6. The number of benzene rings is 4. The number of amides is 2. The first-order valence-corrected chi connectivity index (χ1v) is 17.2. The van der Waals surface area contributed by atoms with Crippen molar-refractivity contribution < 1.29 is 18.0 Å². The molecular formula is C34H33Cl4N3O4S. The van der Waals surface area contributed by atoms with E-state index in [1.165, 1.54) is 35.2 Å². The van der Waals surface area contributed by atoms with Gasteiger partial charge >= 0.3 is 0 Å². The molecule has 0 aliphatic rings. The summed E-state index contributed by atoms with van der Waals surface area (Å²) in [6.45, 7) is 4.73. The van der Waals surface area contributed by atoms with E-state index < -0.39 is 40.0 Å². The topological polar surface area (TPSA) is 86.8 Å². The van der Waals surface area contributed by atoms with Gasteiger partial charge < -0.3 is 10.2 Å². The third kappa shape index (κ3) is 9.39. The molecule has 0 aliphatic heterocycles. The third-order valence-corrected chi connectivity index (χ3v) is 9.68. The fourth-order valence-corrected chi connectivity index (χ4v) is 7.17. The summed E-state index contributed by atoms with van der Waals surface area (Å²) in [4.78, 5) is 29.8. The van der Waals surface area contributed by atoms with E-state index in [0.717, 1.165) is 9.87 Å². The molecule has 12 heteroatoms. The molecule has 242 valence electrons. The number of carbonyl (C=O) groups excluding carboxylic acids is 2. The summed E-state index contributed by atoms with van der Waals surface area (Å²) >= 11 is 25.3. The Bertz CT molecular complexity index is 1780. The van der Waals surface area contributed by atoms with Crippen molar-refractivity contribution in [1.29, 1.82) is 0 Å². The maximum Gasteiger partial charge on any atom is 0.264 e. The predicted molar refractivity (Wildman–Crippen MR) is 186 cm³/mol. The monoisotopic (exact) mass is 719 g/mol. The van der Waals surface area contributed by atoms with Gasteiger partial charge in [-0.3, -0.25) is 13.9 Å². The summed E-state index contributed by atoms with van der Waals surface area (Å²) in [6, 6.07) is 25.0.